The summed E-state index contributed by atoms with van der Waals surface area (Å²) >= 11 is 20.1. The maximum atomic E-state index is 13.9. The predicted molar refractivity (Wildman–Crippen MR) is 226 cm³/mol. The molecular formula is C45H53Cl3N3O6+. The molecule has 0 saturated heterocycles. The fourth-order valence-electron chi connectivity index (χ4n) is 9.64. The summed E-state index contributed by atoms with van der Waals surface area (Å²) in [6.45, 7) is 6.12. The highest BCUT2D eigenvalue weighted by Gasteiger charge is 2.37. The van der Waals surface area contributed by atoms with E-state index >= 15 is 0 Å². The molecule has 0 fully saturated rings. The van der Waals surface area contributed by atoms with Crippen LogP contribution in [0.2, 0.25) is 10.0 Å². The normalized spacial score (nSPS) is 16.8. The van der Waals surface area contributed by atoms with Crippen LogP contribution in [0, 0.1) is 0 Å². The number of hydrogen-bond donors (Lipinski definition) is 2. The number of alkyl halides is 1. The summed E-state index contributed by atoms with van der Waals surface area (Å²) in [6, 6.07) is 5.81. The van der Waals surface area contributed by atoms with Crippen molar-refractivity contribution in [2.75, 3.05) is 69.9 Å². The Balaban J connectivity index is 1.20. The van der Waals surface area contributed by atoms with Crippen molar-refractivity contribution < 1.29 is 28.9 Å². The van der Waals surface area contributed by atoms with Gasteiger partial charge in [0.1, 0.15) is 24.6 Å². The second-order valence-corrected chi connectivity index (χ2v) is 17.1. The lowest BCUT2D eigenvalue weighted by Gasteiger charge is -2.36. The number of rotatable bonds is 15. The van der Waals surface area contributed by atoms with Crippen LogP contribution in [0.15, 0.2) is 18.2 Å². The van der Waals surface area contributed by atoms with Crippen LogP contribution in [0.4, 0.5) is 5.69 Å². The quantitative estimate of drug-likeness (QED) is 0.0729. The van der Waals surface area contributed by atoms with Gasteiger partial charge in [-0.2, -0.15) is 0 Å². The highest BCUT2D eigenvalue weighted by molar-refractivity contribution is 6.40. The van der Waals surface area contributed by atoms with Crippen LogP contribution >= 0.6 is 34.8 Å². The molecule has 3 aromatic carbocycles. The van der Waals surface area contributed by atoms with Crippen LogP contribution in [0.5, 0.6) is 11.5 Å². The van der Waals surface area contributed by atoms with Gasteiger partial charge in [-0.3, -0.25) is 4.79 Å². The summed E-state index contributed by atoms with van der Waals surface area (Å²) in [5.41, 5.74) is 7.85. The van der Waals surface area contributed by atoms with E-state index in [1.807, 2.05) is 0 Å². The van der Waals surface area contributed by atoms with Gasteiger partial charge in [0.25, 0.3) is 5.91 Å². The van der Waals surface area contributed by atoms with E-state index in [1.54, 1.807) is 0 Å². The lowest BCUT2D eigenvalue weighted by molar-refractivity contribution is 0.0468. The van der Waals surface area contributed by atoms with E-state index < -0.39 is 11.9 Å². The van der Waals surface area contributed by atoms with Gasteiger partial charge in [0.15, 0.2) is 0 Å². The third-order valence-corrected chi connectivity index (χ3v) is 13.1. The van der Waals surface area contributed by atoms with Crippen LogP contribution in [-0.2, 0) is 35.2 Å². The third kappa shape index (κ3) is 8.16. The van der Waals surface area contributed by atoms with Gasteiger partial charge in [0.2, 0.25) is 5.36 Å². The molecule has 304 valence electrons. The van der Waals surface area contributed by atoms with Crippen molar-refractivity contribution in [2.45, 2.75) is 89.9 Å². The van der Waals surface area contributed by atoms with Crippen LogP contribution in [-0.4, -0.2) is 82.0 Å². The molecule has 2 N–H and O–H groups in total. The molecule has 8 rings (SSSR count). The zero-order valence-corrected chi connectivity index (χ0v) is 35.0. The maximum absolute atomic E-state index is 13.9. The van der Waals surface area contributed by atoms with E-state index in [1.165, 1.54) is 39.4 Å². The number of nitrogens with one attached hydrogen (secondary N) is 1. The van der Waals surface area contributed by atoms with Crippen LogP contribution in [0.1, 0.15) is 118 Å². The number of unbranched alkanes of at least 4 members (excludes halogenated alkanes) is 3. The number of hydrogen-bond acceptors (Lipinski definition) is 6. The number of ether oxygens (including phenoxy) is 3. The molecule has 0 aliphatic carbocycles. The number of aryl methyl sites for hydroxylation is 2. The van der Waals surface area contributed by atoms with Crippen molar-refractivity contribution in [1.82, 2.24) is 9.89 Å². The van der Waals surface area contributed by atoms with Crippen LogP contribution < -0.4 is 30.1 Å². The first-order valence-corrected chi connectivity index (χ1v) is 22.3. The molecule has 0 atom stereocenters. The van der Waals surface area contributed by atoms with Crippen LogP contribution in [0.25, 0.3) is 5.57 Å². The largest absolute Gasteiger partial charge is 0.478 e. The molecular weight excluding hydrogens is 785 g/mol. The Morgan fingerprint density at radius 1 is 0.807 bits per heavy atom. The summed E-state index contributed by atoms with van der Waals surface area (Å²) < 4.78 is 21.1. The first-order chi connectivity index (χ1) is 27.9. The van der Waals surface area contributed by atoms with Crippen molar-refractivity contribution in [3.63, 3.8) is 0 Å². The highest BCUT2D eigenvalue weighted by Crippen LogP contribution is 2.50. The van der Waals surface area contributed by atoms with Gasteiger partial charge >= 0.3 is 5.97 Å². The number of carbonyl (C=O) groups is 2. The number of nitrogens with zero attached hydrogens (tertiary/aromatic N) is 2. The molecule has 5 heterocycles. The van der Waals surface area contributed by atoms with Crippen molar-refractivity contribution >= 4 is 57.9 Å². The van der Waals surface area contributed by atoms with Gasteiger partial charge < -0.3 is 29.5 Å². The lowest BCUT2D eigenvalue weighted by Crippen LogP contribution is -2.41. The molecule has 0 unspecified atom stereocenters. The fourth-order valence-corrected chi connectivity index (χ4v) is 10.4. The van der Waals surface area contributed by atoms with Gasteiger partial charge in [-0.05, 0) is 88.0 Å². The number of carboxylic acid groups (broad SMARTS) is 1. The molecule has 0 bridgehead atoms. The summed E-state index contributed by atoms with van der Waals surface area (Å²) in [7, 11) is 0. The van der Waals surface area contributed by atoms with Crippen molar-refractivity contribution in [1.29, 1.82) is 0 Å². The lowest BCUT2D eigenvalue weighted by atomic mass is 9.82. The van der Waals surface area contributed by atoms with E-state index in [0.717, 1.165) is 138 Å². The molecule has 0 saturated carbocycles. The number of anilines is 1. The Labute approximate surface area is 349 Å². The number of fused-ring (bicyclic) bond motifs is 4. The van der Waals surface area contributed by atoms with Crippen LogP contribution in [0.3, 0.4) is 0 Å². The monoisotopic (exact) mass is 836 g/mol. The maximum Gasteiger partial charge on any atom is 0.337 e. The average molecular weight is 838 g/mol. The van der Waals surface area contributed by atoms with Gasteiger partial charge in [0, 0.05) is 83.7 Å². The smallest absolute Gasteiger partial charge is 0.337 e. The summed E-state index contributed by atoms with van der Waals surface area (Å²) in [6.07, 6.45) is 14.2. The second kappa shape index (κ2) is 18.3. The Kier molecular flexibility index (Phi) is 13.0. The summed E-state index contributed by atoms with van der Waals surface area (Å²) in [5.74, 6) is 0.581. The fraction of sp³-hybridized carbons (Fsp3) is 0.533. The molecule has 12 heteroatoms. The molecule has 57 heavy (non-hydrogen) atoms. The zero-order chi connectivity index (χ0) is 39.5. The number of amides is 1. The first kappa shape index (κ1) is 40.4. The molecule has 0 spiro atoms. The Bertz CT molecular complexity index is 2190. The Hall–Kier alpha value is -3.34. The standard InChI is InChI=1S/C45H52Cl3N3O6/c46-15-5-1-2-8-21-55-23-24-56-22-16-49-44(52)34-27-35(47)37(45(53)54)38(39(34)48)36-32-25-28-11-3-6-17-50-19-9-13-30(40(28)50)42(32)57-43-31-14-10-20-51-18-7-4-12-29(41(31)51)26-33(36)43/h25-27H,1-24H2,(H-,49,52,53,54)/p+1. The third-order valence-electron chi connectivity index (χ3n) is 12.2. The number of carboxylic acids is 1. The molecule has 9 nitrogen and oxygen atoms in total. The Morgan fingerprint density at radius 3 is 2.40 bits per heavy atom. The minimum atomic E-state index is -1.21. The highest BCUT2D eigenvalue weighted by atomic mass is 35.5. The minimum absolute atomic E-state index is 0.0465. The molecule has 0 radical (unpaired) electrons. The average Bonchev–Trinajstić information content (AvgIpc) is 3.55. The summed E-state index contributed by atoms with van der Waals surface area (Å²) in [4.78, 5) is 29.8. The van der Waals surface area contributed by atoms with E-state index in [2.05, 4.69) is 26.9 Å². The van der Waals surface area contributed by atoms with Crippen molar-refractivity contribution in [2.24, 2.45) is 0 Å². The van der Waals surface area contributed by atoms with Gasteiger partial charge in [-0.15, -0.1) is 11.6 Å². The second-order valence-electron chi connectivity index (χ2n) is 15.9. The summed E-state index contributed by atoms with van der Waals surface area (Å²) in [5, 5.41) is 15.9. The van der Waals surface area contributed by atoms with Crippen molar-refractivity contribution in [3.05, 3.63) is 83.3 Å². The van der Waals surface area contributed by atoms with E-state index in [4.69, 9.17) is 49.0 Å². The Morgan fingerprint density at radius 2 is 1.56 bits per heavy atom. The SMILES string of the molecule is O=C(NCCOCCOCCCCCCCl)c1cc(Cl)c(C(=O)O)c(C2=c3cc4c5c(c3Oc3c2cc2c6c3CCCN6CCCC2)CCC[N+]=5CCCC4)c1Cl. The van der Waals surface area contributed by atoms with Gasteiger partial charge in [0.05, 0.1) is 46.6 Å². The van der Waals surface area contributed by atoms with Gasteiger partial charge in [-0.1, -0.05) is 36.0 Å². The minimum Gasteiger partial charge on any atom is -0.478 e. The number of halogens is 3. The van der Waals surface area contributed by atoms with E-state index in [0.29, 0.717) is 31.3 Å². The van der Waals surface area contributed by atoms with Crippen molar-refractivity contribution in [3.8, 4) is 11.5 Å². The zero-order valence-electron chi connectivity index (χ0n) is 32.7. The molecule has 3 aromatic rings. The number of carbonyl (C=O) groups excluding carboxylic acids is 1. The van der Waals surface area contributed by atoms with E-state index in [-0.39, 0.29) is 39.9 Å². The molecule has 0 aromatic heterocycles. The molecule has 5 aliphatic heterocycles. The molecule has 1 amide bonds. The van der Waals surface area contributed by atoms with Gasteiger partial charge in [-0.25, -0.2) is 9.37 Å². The first-order valence-electron chi connectivity index (χ1n) is 21.1. The topological polar surface area (TPSA) is 100 Å². The van der Waals surface area contributed by atoms with E-state index in [9.17, 15) is 14.7 Å². The number of aromatic carboxylic acids is 1. The number of benzene rings is 3. The molecule has 5 aliphatic rings. The predicted octanol–water partition coefficient (Wildman–Crippen LogP) is 7.47.